The van der Waals surface area contributed by atoms with Crippen LogP contribution in [-0.4, -0.2) is 59.3 Å². The maximum Gasteiger partial charge on any atom is 0.333 e. The molecule has 130 valence electrons. The van der Waals surface area contributed by atoms with Crippen molar-refractivity contribution in [2.24, 2.45) is 0 Å². The number of hydrogen-bond acceptors (Lipinski definition) is 8. The van der Waals surface area contributed by atoms with Gasteiger partial charge in [-0.3, -0.25) is 14.3 Å². The van der Waals surface area contributed by atoms with Crippen molar-refractivity contribution in [1.29, 1.82) is 0 Å². The van der Waals surface area contributed by atoms with Crippen LogP contribution in [0.25, 0.3) is 11.2 Å². The van der Waals surface area contributed by atoms with Gasteiger partial charge in [0.25, 0.3) is 5.56 Å². The van der Waals surface area contributed by atoms with Crippen LogP contribution in [0.15, 0.2) is 22.2 Å². The van der Waals surface area contributed by atoms with Gasteiger partial charge in [0, 0.05) is 6.54 Å². The molecule has 2 aromatic heterocycles. The highest BCUT2D eigenvalue weighted by atomic mass is 16.6. The molecular formula is C13H17N5O6. The zero-order chi connectivity index (χ0) is 17.6. The van der Waals surface area contributed by atoms with Gasteiger partial charge in [-0.1, -0.05) is 6.08 Å². The molecule has 1 unspecified atom stereocenters. The van der Waals surface area contributed by atoms with Crippen molar-refractivity contribution < 1.29 is 20.1 Å². The van der Waals surface area contributed by atoms with Crippen LogP contribution < -0.4 is 17.0 Å². The van der Waals surface area contributed by atoms with E-state index in [1.54, 1.807) is 0 Å². The number of rotatable bonds is 4. The highest BCUT2D eigenvalue weighted by Crippen LogP contribution is 2.30. The molecule has 6 N–H and O–H groups in total. The first-order valence-corrected chi connectivity index (χ1v) is 7.14. The van der Waals surface area contributed by atoms with Crippen molar-refractivity contribution in [3.05, 3.63) is 33.5 Å². The van der Waals surface area contributed by atoms with Gasteiger partial charge in [-0.05, 0) is 0 Å². The van der Waals surface area contributed by atoms with E-state index in [2.05, 4.69) is 16.5 Å². The molecule has 0 bridgehead atoms. The number of nitrogens with one attached hydrogen (secondary N) is 1. The topological polar surface area (TPSA) is 169 Å². The van der Waals surface area contributed by atoms with Gasteiger partial charge in [0.2, 0.25) is 5.95 Å². The van der Waals surface area contributed by atoms with Crippen molar-refractivity contribution >= 4 is 17.1 Å². The van der Waals surface area contributed by atoms with Crippen molar-refractivity contribution in [2.75, 3.05) is 12.3 Å². The highest BCUT2D eigenvalue weighted by Gasteiger charge is 2.45. The van der Waals surface area contributed by atoms with Gasteiger partial charge in [0.1, 0.15) is 18.3 Å². The molecule has 24 heavy (non-hydrogen) atoms. The average molecular weight is 339 g/mol. The van der Waals surface area contributed by atoms with Gasteiger partial charge in [-0.25, -0.2) is 9.36 Å². The average Bonchev–Trinajstić information content (AvgIpc) is 2.96. The first-order chi connectivity index (χ1) is 11.4. The number of hydrogen-bond donors (Lipinski definition) is 5. The molecule has 0 saturated carbocycles. The van der Waals surface area contributed by atoms with Crippen LogP contribution in [0.4, 0.5) is 5.95 Å². The summed E-state index contributed by atoms with van der Waals surface area (Å²) < 4.78 is 7.40. The Hall–Kier alpha value is -2.47. The normalized spacial score (nSPS) is 27.0. The van der Waals surface area contributed by atoms with Gasteiger partial charge in [-0.2, -0.15) is 4.98 Å². The Labute approximate surface area is 134 Å². The van der Waals surface area contributed by atoms with Gasteiger partial charge < -0.3 is 25.8 Å². The van der Waals surface area contributed by atoms with Crippen molar-refractivity contribution in [2.45, 2.75) is 31.1 Å². The second kappa shape index (κ2) is 5.87. The smallest absolute Gasteiger partial charge is 0.333 e. The van der Waals surface area contributed by atoms with Crippen LogP contribution in [0, 0.1) is 0 Å². The van der Waals surface area contributed by atoms with E-state index in [1.165, 1.54) is 6.08 Å². The standard InChI is InChI=1S/C13H17N5O6/c1-2-3-17-6-9(15-12(14)16-10(6)22)18(13(17)23)11-8(21)7(20)5(4-19)24-11/h2,5,7-8,11,19-21H,1,3-4H2,(H3,14,15,16,22)/t5-,7+,8?,11-/m1/s1. The number of H-pyrrole nitrogens is 1. The van der Waals surface area contributed by atoms with Crippen LogP contribution in [0.2, 0.25) is 0 Å². The van der Waals surface area contributed by atoms with Crippen LogP contribution in [-0.2, 0) is 11.3 Å². The Balaban J connectivity index is 2.29. The number of imidazole rings is 1. The number of aliphatic hydroxyl groups is 3. The van der Waals surface area contributed by atoms with Crippen LogP contribution in [0.1, 0.15) is 6.23 Å². The Morgan fingerprint density at radius 3 is 2.67 bits per heavy atom. The molecule has 1 aliphatic rings. The Morgan fingerprint density at radius 1 is 1.38 bits per heavy atom. The molecule has 0 aromatic carbocycles. The molecule has 3 rings (SSSR count). The summed E-state index contributed by atoms with van der Waals surface area (Å²) in [4.78, 5) is 31.1. The highest BCUT2D eigenvalue weighted by molar-refractivity contribution is 5.71. The molecule has 0 spiro atoms. The summed E-state index contributed by atoms with van der Waals surface area (Å²) in [7, 11) is 0. The SMILES string of the molecule is C=CCn1c(=O)n([C@@H]2O[C@H](CO)[C@H](O)C2O)c2nc(N)[nH]c(=O)c21. The van der Waals surface area contributed by atoms with Gasteiger partial charge >= 0.3 is 5.69 Å². The molecule has 0 amide bonds. The number of ether oxygens (including phenoxy) is 1. The van der Waals surface area contributed by atoms with Crippen LogP contribution in [0.5, 0.6) is 0 Å². The van der Waals surface area contributed by atoms with Crippen LogP contribution in [0.3, 0.4) is 0 Å². The maximum atomic E-state index is 12.7. The minimum atomic E-state index is -1.50. The predicted octanol–water partition coefficient (Wildman–Crippen LogP) is -2.73. The summed E-state index contributed by atoms with van der Waals surface area (Å²) in [6.07, 6.45) is -3.88. The summed E-state index contributed by atoms with van der Waals surface area (Å²) in [5.74, 6) is -0.219. The second-order valence-corrected chi connectivity index (χ2v) is 5.40. The third-order valence-corrected chi connectivity index (χ3v) is 3.91. The Morgan fingerprint density at radius 2 is 2.08 bits per heavy atom. The van der Waals surface area contributed by atoms with E-state index in [0.29, 0.717) is 0 Å². The van der Waals surface area contributed by atoms with Gasteiger partial charge in [0.05, 0.1) is 6.61 Å². The molecule has 3 heterocycles. The molecule has 1 fully saturated rings. The van der Waals surface area contributed by atoms with Crippen molar-refractivity contribution in [1.82, 2.24) is 19.1 Å². The minimum Gasteiger partial charge on any atom is -0.394 e. The van der Waals surface area contributed by atoms with E-state index < -0.39 is 42.4 Å². The summed E-state index contributed by atoms with van der Waals surface area (Å²) in [5, 5.41) is 29.2. The third-order valence-electron chi connectivity index (χ3n) is 3.91. The molecule has 11 heteroatoms. The first kappa shape index (κ1) is 16.4. The number of aromatic amines is 1. The third kappa shape index (κ3) is 2.26. The molecule has 1 aliphatic heterocycles. The summed E-state index contributed by atoms with van der Waals surface area (Å²) >= 11 is 0. The van der Waals surface area contributed by atoms with E-state index in [9.17, 15) is 24.9 Å². The lowest BCUT2D eigenvalue weighted by Gasteiger charge is -2.15. The number of nitrogen functional groups attached to an aromatic ring is 1. The molecular weight excluding hydrogens is 322 g/mol. The fraction of sp³-hybridized carbons (Fsp3) is 0.462. The maximum absolute atomic E-state index is 12.7. The lowest BCUT2D eigenvalue weighted by Crippen LogP contribution is -2.36. The molecule has 1 saturated heterocycles. The molecule has 4 atom stereocenters. The van der Waals surface area contributed by atoms with E-state index in [1.807, 2.05) is 0 Å². The lowest BCUT2D eigenvalue weighted by atomic mass is 10.1. The van der Waals surface area contributed by atoms with E-state index >= 15 is 0 Å². The zero-order valence-corrected chi connectivity index (χ0v) is 12.5. The van der Waals surface area contributed by atoms with E-state index in [4.69, 9.17) is 10.5 Å². The number of aliphatic hydroxyl groups excluding tert-OH is 3. The number of nitrogens with two attached hydrogens (primary N) is 1. The lowest BCUT2D eigenvalue weighted by molar-refractivity contribution is -0.0527. The number of anilines is 1. The quantitative estimate of drug-likeness (QED) is 0.374. The largest absolute Gasteiger partial charge is 0.394 e. The van der Waals surface area contributed by atoms with E-state index in [0.717, 1.165) is 9.13 Å². The Bertz CT molecular complexity index is 899. The molecule has 11 nitrogen and oxygen atoms in total. The van der Waals surface area contributed by atoms with Crippen LogP contribution >= 0.6 is 0 Å². The monoisotopic (exact) mass is 339 g/mol. The molecule has 0 aliphatic carbocycles. The first-order valence-electron chi connectivity index (χ1n) is 7.14. The van der Waals surface area contributed by atoms with Gasteiger partial charge in [0.15, 0.2) is 17.4 Å². The number of aromatic nitrogens is 4. The zero-order valence-electron chi connectivity index (χ0n) is 12.5. The summed E-state index contributed by atoms with van der Waals surface area (Å²) in [6.45, 7) is 3.00. The number of nitrogens with zero attached hydrogens (tertiary/aromatic N) is 3. The van der Waals surface area contributed by atoms with Crippen molar-refractivity contribution in [3.8, 4) is 0 Å². The minimum absolute atomic E-state index is 0.0197. The fourth-order valence-corrected chi connectivity index (χ4v) is 2.82. The second-order valence-electron chi connectivity index (χ2n) is 5.40. The number of allylic oxidation sites excluding steroid dienone is 1. The predicted molar refractivity (Wildman–Crippen MR) is 82.2 cm³/mol. The molecule has 2 aromatic rings. The van der Waals surface area contributed by atoms with Gasteiger partial charge in [-0.15, -0.1) is 6.58 Å². The number of fused-ring (bicyclic) bond motifs is 1. The summed E-state index contributed by atoms with van der Waals surface area (Å²) in [6, 6.07) is 0. The summed E-state index contributed by atoms with van der Waals surface area (Å²) in [5.41, 5.74) is 4.05. The molecule has 0 radical (unpaired) electrons. The van der Waals surface area contributed by atoms with E-state index in [-0.39, 0.29) is 23.7 Å². The Kier molecular flexibility index (Phi) is 4.01. The van der Waals surface area contributed by atoms with Crippen molar-refractivity contribution in [3.63, 3.8) is 0 Å². The fourth-order valence-electron chi connectivity index (χ4n) is 2.82.